The first kappa shape index (κ1) is 18.4. The summed E-state index contributed by atoms with van der Waals surface area (Å²) in [7, 11) is 0. The van der Waals surface area contributed by atoms with E-state index in [9.17, 15) is 9.59 Å². The molecule has 0 atom stereocenters. The number of benzene rings is 1. The zero-order valence-electron chi connectivity index (χ0n) is 14.3. The van der Waals surface area contributed by atoms with Gasteiger partial charge in [0.05, 0.1) is 5.56 Å². The van der Waals surface area contributed by atoms with Crippen LogP contribution >= 0.6 is 11.6 Å². The van der Waals surface area contributed by atoms with E-state index < -0.39 is 5.97 Å². The van der Waals surface area contributed by atoms with Crippen LogP contribution in [0.25, 0.3) is 0 Å². The maximum Gasteiger partial charge on any atom is 0.338 e. The van der Waals surface area contributed by atoms with E-state index in [4.69, 9.17) is 16.3 Å². The zero-order chi connectivity index (χ0) is 18.4. The van der Waals surface area contributed by atoms with Crippen molar-refractivity contribution in [3.63, 3.8) is 0 Å². The van der Waals surface area contributed by atoms with Crippen LogP contribution in [0.1, 0.15) is 15.9 Å². The number of carbonyl (C=O) groups is 2. The Morgan fingerprint density at radius 1 is 1.08 bits per heavy atom. The number of rotatable bonds is 5. The highest BCUT2D eigenvalue weighted by Gasteiger charge is 2.22. The highest BCUT2D eigenvalue weighted by Crippen LogP contribution is 2.10. The van der Waals surface area contributed by atoms with Gasteiger partial charge in [-0.3, -0.25) is 9.69 Å². The molecule has 2 aromatic rings. The van der Waals surface area contributed by atoms with Crippen molar-refractivity contribution < 1.29 is 14.3 Å². The number of amides is 1. The Morgan fingerprint density at radius 2 is 1.81 bits per heavy atom. The van der Waals surface area contributed by atoms with E-state index in [2.05, 4.69) is 22.0 Å². The second-order valence-electron chi connectivity index (χ2n) is 6.09. The number of halogens is 1. The summed E-state index contributed by atoms with van der Waals surface area (Å²) in [6.45, 7) is 3.47. The van der Waals surface area contributed by atoms with Gasteiger partial charge in [-0.2, -0.15) is 0 Å². The number of piperazine rings is 1. The summed E-state index contributed by atoms with van der Waals surface area (Å²) in [6.07, 6.45) is 1.42. The number of esters is 1. The second-order valence-corrected chi connectivity index (χ2v) is 6.47. The number of pyridine rings is 1. The van der Waals surface area contributed by atoms with Gasteiger partial charge in [0.25, 0.3) is 5.91 Å². The van der Waals surface area contributed by atoms with Gasteiger partial charge < -0.3 is 9.64 Å². The number of nitrogens with zero attached hydrogens (tertiary/aromatic N) is 3. The number of hydrogen-bond donors (Lipinski definition) is 0. The fourth-order valence-electron chi connectivity index (χ4n) is 2.83. The largest absolute Gasteiger partial charge is 0.452 e. The summed E-state index contributed by atoms with van der Waals surface area (Å²) in [4.78, 5) is 32.1. The van der Waals surface area contributed by atoms with Crippen molar-refractivity contribution in [1.29, 1.82) is 0 Å². The van der Waals surface area contributed by atoms with E-state index in [0.717, 1.165) is 19.6 Å². The van der Waals surface area contributed by atoms with Crippen LogP contribution < -0.4 is 0 Å². The second kappa shape index (κ2) is 8.78. The highest BCUT2D eigenvalue weighted by atomic mass is 35.5. The van der Waals surface area contributed by atoms with Crippen molar-refractivity contribution in [2.75, 3.05) is 32.8 Å². The molecule has 1 fully saturated rings. The molecule has 0 saturated carbocycles. The maximum absolute atomic E-state index is 12.3. The molecule has 1 aromatic carbocycles. The van der Waals surface area contributed by atoms with Crippen LogP contribution in [0, 0.1) is 0 Å². The third-order valence-electron chi connectivity index (χ3n) is 4.26. The van der Waals surface area contributed by atoms with E-state index in [1.165, 1.54) is 23.9 Å². The van der Waals surface area contributed by atoms with Crippen molar-refractivity contribution >= 4 is 23.5 Å². The SMILES string of the molecule is O=C(OCC(=O)N1CCN(Cc2ccccc2)CC1)c1ccnc(Cl)c1. The summed E-state index contributed by atoms with van der Waals surface area (Å²) in [5, 5.41) is 0.209. The maximum atomic E-state index is 12.3. The van der Waals surface area contributed by atoms with Gasteiger partial charge in [0.2, 0.25) is 0 Å². The topological polar surface area (TPSA) is 62.7 Å². The van der Waals surface area contributed by atoms with Gasteiger partial charge in [0.1, 0.15) is 5.15 Å². The molecule has 3 rings (SSSR count). The lowest BCUT2D eigenvalue weighted by atomic mass is 10.2. The van der Waals surface area contributed by atoms with Crippen LogP contribution in [0.5, 0.6) is 0 Å². The molecule has 1 aliphatic rings. The van der Waals surface area contributed by atoms with Crippen molar-refractivity contribution in [2.45, 2.75) is 6.54 Å². The van der Waals surface area contributed by atoms with E-state index in [0.29, 0.717) is 13.1 Å². The molecule has 1 aliphatic heterocycles. The van der Waals surface area contributed by atoms with Crippen molar-refractivity contribution in [2.24, 2.45) is 0 Å². The minimum atomic E-state index is -0.578. The van der Waals surface area contributed by atoms with Crippen LogP contribution in [0.2, 0.25) is 5.15 Å². The van der Waals surface area contributed by atoms with Gasteiger partial charge in [0, 0.05) is 38.9 Å². The van der Waals surface area contributed by atoms with E-state index in [-0.39, 0.29) is 23.2 Å². The number of aromatic nitrogens is 1. The van der Waals surface area contributed by atoms with Gasteiger partial charge in [-0.15, -0.1) is 0 Å². The molecule has 0 unspecified atom stereocenters. The Kier molecular flexibility index (Phi) is 6.20. The standard InChI is InChI=1S/C19H20ClN3O3/c20-17-12-16(6-7-21-17)19(25)26-14-18(24)23-10-8-22(9-11-23)13-15-4-2-1-3-5-15/h1-7,12H,8-11,13-14H2. The molecule has 2 heterocycles. The summed E-state index contributed by atoms with van der Waals surface area (Å²) in [6, 6.07) is 13.2. The Morgan fingerprint density at radius 3 is 2.50 bits per heavy atom. The molecule has 0 bridgehead atoms. The number of ether oxygens (including phenoxy) is 1. The lowest BCUT2D eigenvalue weighted by Gasteiger charge is -2.34. The third-order valence-corrected chi connectivity index (χ3v) is 4.47. The summed E-state index contributed by atoms with van der Waals surface area (Å²) in [5.41, 5.74) is 1.54. The summed E-state index contributed by atoms with van der Waals surface area (Å²) in [5.74, 6) is -0.761. The predicted molar refractivity (Wildman–Crippen MR) is 97.8 cm³/mol. The molecular weight excluding hydrogens is 354 g/mol. The Hall–Kier alpha value is -2.44. The minimum Gasteiger partial charge on any atom is -0.452 e. The van der Waals surface area contributed by atoms with Gasteiger partial charge in [0.15, 0.2) is 6.61 Å². The zero-order valence-corrected chi connectivity index (χ0v) is 15.1. The molecule has 0 spiro atoms. The molecule has 0 radical (unpaired) electrons. The van der Waals surface area contributed by atoms with Crippen LogP contribution in [0.15, 0.2) is 48.7 Å². The van der Waals surface area contributed by atoms with E-state index >= 15 is 0 Å². The highest BCUT2D eigenvalue weighted by molar-refractivity contribution is 6.29. The number of carbonyl (C=O) groups excluding carboxylic acids is 2. The normalized spacial score (nSPS) is 14.9. The quantitative estimate of drug-likeness (QED) is 0.594. The first-order chi connectivity index (χ1) is 12.6. The van der Waals surface area contributed by atoms with Gasteiger partial charge in [-0.1, -0.05) is 41.9 Å². The molecule has 26 heavy (non-hydrogen) atoms. The van der Waals surface area contributed by atoms with E-state index in [1.54, 1.807) is 4.90 Å². The molecule has 6 nitrogen and oxygen atoms in total. The Bertz CT molecular complexity index is 762. The number of hydrogen-bond acceptors (Lipinski definition) is 5. The Balaban J connectivity index is 1.43. The third kappa shape index (κ3) is 5.03. The lowest BCUT2D eigenvalue weighted by molar-refractivity contribution is -0.136. The smallest absolute Gasteiger partial charge is 0.338 e. The van der Waals surface area contributed by atoms with Gasteiger partial charge in [-0.25, -0.2) is 9.78 Å². The van der Waals surface area contributed by atoms with Gasteiger partial charge >= 0.3 is 5.97 Å². The summed E-state index contributed by atoms with van der Waals surface area (Å²) < 4.78 is 5.09. The molecule has 1 amide bonds. The molecule has 1 aromatic heterocycles. The van der Waals surface area contributed by atoms with Crippen molar-refractivity contribution in [1.82, 2.24) is 14.8 Å². The van der Waals surface area contributed by atoms with Gasteiger partial charge in [-0.05, 0) is 17.7 Å². The molecular formula is C19H20ClN3O3. The average molecular weight is 374 g/mol. The molecule has 0 aliphatic carbocycles. The predicted octanol–water partition coefficient (Wildman–Crippen LogP) is 2.24. The van der Waals surface area contributed by atoms with Crippen LogP contribution in [-0.2, 0) is 16.1 Å². The van der Waals surface area contributed by atoms with E-state index in [1.807, 2.05) is 18.2 Å². The lowest BCUT2D eigenvalue weighted by Crippen LogP contribution is -2.49. The van der Waals surface area contributed by atoms with Crippen LogP contribution in [0.3, 0.4) is 0 Å². The molecule has 1 saturated heterocycles. The minimum absolute atomic E-state index is 0.183. The fourth-order valence-corrected chi connectivity index (χ4v) is 3.00. The molecule has 7 heteroatoms. The van der Waals surface area contributed by atoms with Crippen molar-refractivity contribution in [3.05, 3.63) is 64.9 Å². The average Bonchev–Trinajstić information content (AvgIpc) is 2.67. The monoisotopic (exact) mass is 373 g/mol. The van der Waals surface area contributed by atoms with Crippen LogP contribution in [0.4, 0.5) is 0 Å². The first-order valence-corrected chi connectivity index (χ1v) is 8.82. The molecule has 0 N–H and O–H groups in total. The van der Waals surface area contributed by atoms with Crippen LogP contribution in [-0.4, -0.2) is 59.4 Å². The van der Waals surface area contributed by atoms with Crippen molar-refractivity contribution in [3.8, 4) is 0 Å². The molecule has 136 valence electrons. The first-order valence-electron chi connectivity index (χ1n) is 8.44. The fraction of sp³-hybridized carbons (Fsp3) is 0.316. The Labute approximate surface area is 157 Å². The summed E-state index contributed by atoms with van der Waals surface area (Å²) >= 11 is 5.75.